The molecular formula is C21H16FN3O2. The van der Waals surface area contributed by atoms with E-state index in [0.29, 0.717) is 17.5 Å². The maximum atomic E-state index is 13.4. The molecule has 3 aromatic carbocycles. The lowest BCUT2D eigenvalue weighted by molar-refractivity contribution is 0.475. The van der Waals surface area contributed by atoms with E-state index in [1.807, 2.05) is 36.4 Å². The number of aromatic nitrogens is 2. The lowest BCUT2D eigenvalue weighted by Gasteiger charge is -2.17. The van der Waals surface area contributed by atoms with Crippen molar-refractivity contribution >= 4 is 5.69 Å². The highest BCUT2D eigenvalue weighted by Crippen LogP contribution is 2.29. The van der Waals surface area contributed by atoms with Crippen LogP contribution in [0.5, 0.6) is 5.75 Å². The van der Waals surface area contributed by atoms with Crippen LogP contribution in [0.2, 0.25) is 0 Å². The van der Waals surface area contributed by atoms with E-state index in [4.69, 9.17) is 4.42 Å². The van der Waals surface area contributed by atoms with Crippen LogP contribution in [0, 0.1) is 5.82 Å². The molecule has 0 fully saturated rings. The summed E-state index contributed by atoms with van der Waals surface area (Å²) in [5, 5.41) is 21.3. The molecule has 1 heterocycles. The molecule has 4 aromatic rings. The Labute approximate surface area is 155 Å². The predicted octanol–water partition coefficient (Wildman–Crippen LogP) is 4.78. The van der Waals surface area contributed by atoms with Crippen molar-refractivity contribution in [3.63, 3.8) is 0 Å². The third-order valence-corrected chi connectivity index (χ3v) is 4.07. The van der Waals surface area contributed by atoms with E-state index in [9.17, 15) is 9.50 Å². The molecule has 0 amide bonds. The Kier molecular flexibility index (Phi) is 4.53. The van der Waals surface area contributed by atoms with Crippen LogP contribution in [-0.2, 0) is 0 Å². The molecule has 4 rings (SSSR count). The Bertz CT molecular complexity index is 1030. The van der Waals surface area contributed by atoms with E-state index in [-0.39, 0.29) is 11.6 Å². The van der Waals surface area contributed by atoms with Gasteiger partial charge in [-0.1, -0.05) is 36.4 Å². The summed E-state index contributed by atoms with van der Waals surface area (Å²) in [5.74, 6) is 0.540. The van der Waals surface area contributed by atoms with Gasteiger partial charge in [0.25, 0.3) is 0 Å². The monoisotopic (exact) mass is 361 g/mol. The predicted molar refractivity (Wildman–Crippen MR) is 99.7 cm³/mol. The van der Waals surface area contributed by atoms with Crippen LogP contribution in [0.25, 0.3) is 11.5 Å². The number of benzene rings is 3. The molecule has 27 heavy (non-hydrogen) atoms. The van der Waals surface area contributed by atoms with Gasteiger partial charge in [-0.25, -0.2) is 4.39 Å². The lowest BCUT2D eigenvalue weighted by Crippen LogP contribution is -2.13. The zero-order valence-electron chi connectivity index (χ0n) is 14.2. The molecule has 0 aliphatic heterocycles. The number of nitrogens with zero attached hydrogens (tertiary/aromatic N) is 2. The minimum atomic E-state index is -0.502. The van der Waals surface area contributed by atoms with Gasteiger partial charge in [0.1, 0.15) is 17.6 Å². The third kappa shape index (κ3) is 3.79. The highest BCUT2D eigenvalue weighted by molar-refractivity contribution is 5.53. The lowest BCUT2D eigenvalue weighted by atomic mass is 10.1. The van der Waals surface area contributed by atoms with Crippen LogP contribution >= 0.6 is 0 Å². The average Bonchev–Trinajstić information content (AvgIpc) is 3.18. The number of nitrogens with one attached hydrogen (secondary N) is 1. The fraction of sp³-hybridized carbons (Fsp3) is 0.0476. The quantitative estimate of drug-likeness (QED) is 0.535. The third-order valence-electron chi connectivity index (χ3n) is 4.07. The normalized spacial score (nSPS) is 11.9. The summed E-state index contributed by atoms with van der Waals surface area (Å²) < 4.78 is 19.2. The number of hydrogen-bond donors (Lipinski definition) is 2. The molecule has 1 unspecified atom stereocenters. The number of rotatable bonds is 5. The second-order valence-corrected chi connectivity index (χ2v) is 5.99. The molecule has 5 nitrogen and oxygen atoms in total. The Hall–Kier alpha value is -3.67. The van der Waals surface area contributed by atoms with Crippen LogP contribution in [0.15, 0.2) is 83.3 Å². The van der Waals surface area contributed by atoms with Crippen molar-refractivity contribution in [1.29, 1.82) is 0 Å². The standard InChI is InChI=1S/C21H16FN3O2/c22-16-11-9-14(10-12-16)19(23-17-7-4-8-18(26)13-17)21-25-24-20(27-21)15-5-2-1-3-6-15/h1-13,19,23,26H. The fourth-order valence-corrected chi connectivity index (χ4v) is 2.75. The average molecular weight is 361 g/mol. The maximum Gasteiger partial charge on any atom is 0.247 e. The molecular weight excluding hydrogens is 345 g/mol. The van der Waals surface area contributed by atoms with Crippen molar-refractivity contribution in [3.8, 4) is 17.2 Å². The number of hydrogen-bond acceptors (Lipinski definition) is 5. The van der Waals surface area contributed by atoms with Gasteiger partial charge in [0, 0.05) is 17.3 Å². The molecule has 0 bridgehead atoms. The molecule has 0 aliphatic rings. The SMILES string of the molecule is Oc1cccc(NC(c2ccc(F)cc2)c2nnc(-c3ccccc3)o2)c1. The molecule has 0 spiro atoms. The van der Waals surface area contributed by atoms with Crippen molar-refractivity contribution in [2.75, 3.05) is 5.32 Å². The summed E-state index contributed by atoms with van der Waals surface area (Å²) in [6.07, 6.45) is 0. The number of phenols is 1. The zero-order chi connectivity index (χ0) is 18.6. The van der Waals surface area contributed by atoms with E-state index < -0.39 is 6.04 Å². The van der Waals surface area contributed by atoms with Crippen molar-refractivity contribution < 1.29 is 13.9 Å². The first-order valence-corrected chi connectivity index (χ1v) is 8.39. The van der Waals surface area contributed by atoms with Crippen LogP contribution in [0.1, 0.15) is 17.5 Å². The summed E-state index contributed by atoms with van der Waals surface area (Å²) in [5.41, 5.74) is 2.23. The second kappa shape index (κ2) is 7.29. The van der Waals surface area contributed by atoms with E-state index >= 15 is 0 Å². The van der Waals surface area contributed by atoms with Crippen molar-refractivity contribution in [3.05, 3.63) is 96.1 Å². The Balaban J connectivity index is 1.71. The second-order valence-electron chi connectivity index (χ2n) is 5.99. The topological polar surface area (TPSA) is 71.2 Å². The van der Waals surface area contributed by atoms with Gasteiger partial charge >= 0.3 is 0 Å². The summed E-state index contributed by atoms with van der Waals surface area (Å²) in [7, 11) is 0. The van der Waals surface area contributed by atoms with Crippen molar-refractivity contribution in [2.45, 2.75) is 6.04 Å². The molecule has 6 heteroatoms. The number of anilines is 1. The summed E-state index contributed by atoms with van der Waals surface area (Å²) in [4.78, 5) is 0. The van der Waals surface area contributed by atoms with Crippen molar-refractivity contribution in [1.82, 2.24) is 10.2 Å². The Morgan fingerprint density at radius 3 is 2.41 bits per heavy atom. The van der Waals surface area contributed by atoms with Crippen LogP contribution < -0.4 is 5.32 Å². The van der Waals surface area contributed by atoms with Crippen LogP contribution in [0.4, 0.5) is 10.1 Å². The molecule has 0 saturated heterocycles. The van der Waals surface area contributed by atoms with Gasteiger partial charge in [-0.2, -0.15) is 0 Å². The van der Waals surface area contributed by atoms with Crippen molar-refractivity contribution in [2.24, 2.45) is 0 Å². The minimum absolute atomic E-state index is 0.133. The van der Waals surface area contributed by atoms with E-state index in [0.717, 1.165) is 11.1 Å². The number of halogens is 1. The first kappa shape index (κ1) is 16.8. The first-order valence-electron chi connectivity index (χ1n) is 8.39. The highest BCUT2D eigenvalue weighted by atomic mass is 19.1. The van der Waals surface area contributed by atoms with Gasteiger partial charge in [0.15, 0.2) is 0 Å². The number of phenolic OH excluding ortho intramolecular Hbond substituents is 1. The molecule has 0 saturated carbocycles. The fourth-order valence-electron chi connectivity index (χ4n) is 2.75. The molecule has 2 N–H and O–H groups in total. The van der Waals surface area contributed by atoms with Gasteiger partial charge < -0.3 is 14.8 Å². The van der Waals surface area contributed by atoms with Crippen LogP contribution in [-0.4, -0.2) is 15.3 Å². The summed E-state index contributed by atoms with van der Waals surface area (Å²) in [6, 6.07) is 21.7. The number of aromatic hydroxyl groups is 1. The van der Waals surface area contributed by atoms with E-state index in [1.165, 1.54) is 12.1 Å². The maximum absolute atomic E-state index is 13.4. The summed E-state index contributed by atoms with van der Waals surface area (Å²) >= 11 is 0. The van der Waals surface area contributed by atoms with Gasteiger partial charge in [0.2, 0.25) is 11.8 Å². The van der Waals surface area contributed by atoms with Gasteiger partial charge in [0.05, 0.1) is 0 Å². The molecule has 1 atom stereocenters. The summed E-state index contributed by atoms with van der Waals surface area (Å²) in [6.45, 7) is 0. The first-order chi connectivity index (χ1) is 13.2. The smallest absolute Gasteiger partial charge is 0.247 e. The minimum Gasteiger partial charge on any atom is -0.508 e. The molecule has 0 radical (unpaired) electrons. The highest BCUT2D eigenvalue weighted by Gasteiger charge is 2.22. The van der Waals surface area contributed by atoms with Gasteiger partial charge in [-0.15, -0.1) is 10.2 Å². The van der Waals surface area contributed by atoms with Crippen LogP contribution in [0.3, 0.4) is 0 Å². The van der Waals surface area contributed by atoms with E-state index in [2.05, 4.69) is 15.5 Å². The van der Waals surface area contributed by atoms with Gasteiger partial charge in [-0.3, -0.25) is 0 Å². The van der Waals surface area contributed by atoms with Gasteiger partial charge in [-0.05, 0) is 42.0 Å². The Morgan fingerprint density at radius 1 is 0.889 bits per heavy atom. The molecule has 0 aliphatic carbocycles. The van der Waals surface area contributed by atoms with E-state index in [1.54, 1.807) is 30.3 Å². The zero-order valence-corrected chi connectivity index (χ0v) is 14.2. The molecule has 1 aromatic heterocycles. The largest absolute Gasteiger partial charge is 0.508 e. The Morgan fingerprint density at radius 2 is 1.67 bits per heavy atom. The molecule has 134 valence electrons.